The van der Waals surface area contributed by atoms with Crippen LogP contribution in [0.25, 0.3) is 0 Å². The highest BCUT2D eigenvalue weighted by Gasteiger charge is 2.05. The van der Waals surface area contributed by atoms with Crippen LogP contribution in [0.2, 0.25) is 0 Å². The van der Waals surface area contributed by atoms with Crippen LogP contribution in [0.4, 0.5) is 28.8 Å². The molecule has 0 unspecified atom stereocenters. The molecule has 0 amide bonds. The molecule has 0 fully saturated rings. The minimum absolute atomic E-state index is 0.542. The summed E-state index contributed by atoms with van der Waals surface area (Å²) in [6.07, 6.45) is 2.74. The normalized spacial score (nSPS) is 10.4. The molecule has 0 atom stereocenters. The number of nitrogen functional groups attached to an aromatic ring is 1. The Hall–Kier alpha value is -3.12. The fraction of sp³-hybridized carbons (Fsp3) is 0.158. The molecule has 0 spiro atoms. The van der Waals surface area contributed by atoms with E-state index in [1.165, 1.54) is 5.56 Å². The molecule has 25 heavy (non-hydrogen) atoms. The van der Waals surface area contributed by atoms with Crippen LogP contribution in [-0.2, 0) is 6.42 Å². The summed E-state index contributed by atoms with van der Waals surface area (Å²) in [7, 11) is 0. The Morgan fingerprint density at radius 2 is 1.72 bits per heavy atom. The van der Waals surface area contributed by atoms with Gasteiger partial charge in [0.2, 0.25) is 5.95 Å². The van der Waals surface area contributed by atoms with Crippen molar-refractivity contribution in [2.75, 3.05) is 16.1 Å². The Kier molecular flexibility index (Phi) is 5.11. The van der Waals surface area contributed by atoms with Crippen LogP contribution in [0.5, 0.6) is 0 Å². The topological polar surface area (TPSA) is 87.9 Å². The number of rotatable bonds is 6. The summed E-state index contributed by atoms with van der Waals surface area (Å²) in [5.41, 5.74) is 7.77. The van der Waals surface area contributed by atoms with Gasteiger partial charge in [0.1, 0.15) is 5.82 Å². The SMILES string of the molecule is CCc1ccc(Nc2nccc(Nc3cccc(NN)c3C)n2)cc1. The number of aryl methyl sites for hydroxylation is 1. The average Bonchev–Trinajstić information content (AvgIpc) is 2.64. The van der Waals surface area contributed by atoms with Crippen LogP contribution in [0.1, 0.15) is 18.1 Å². The molecule has 3 rings (SSSR count). The van der Waals surface area contributed by atoms with E-state index in [2.05, 4.69) is 45.1 Å². The fourth-order valence-electron chi connectivity index (χ4n) is 2.51. The van der Waals surface area contributed by atoms with Gasteiger partial charge in [-0.25, -0.2) is 4.98 Å². The summed E-state index contributed by atoms with van der Waals surface area (Å²) in [6, 6.07) is 15.9. The molecule has 1 heterocycles. The number of hydrogen-bond donors (Lipinski definition) is 4. The molecule has 6 heteroatoms. The van der Waals surface area contributed by atoms with Crippen molar-refractivity contribution in [2.24, 2.45) is 5.84 Å². The molecule has 0 aliphatic heterocycles. The van der Waals surface area contributed by atoms with Crippen molar-refractivity contribution in [1.29, 1.82) is 0 Å². The number of nitrogens with zero attached hydrogens (tertiary/aromatic N) is 2. The van der Waals surface area contributed by atoms with Gasteiger partial charge >= 0.3 is 0 Å². The number of hydrogen-bond acceptors (Lipinski definition) is 6. The first-order valence-electron chi connectivity index (χ1n) is 8.22. The number of aromatic nitrogens is 2. The van der Waals surface area contributed by atoms with Gasteiger partial charge in [0.15, 0.2) is 0 Å². The summed E-state index contributed by atoms with van der Waals surface area (Å²) in [4.78, 5) is 8.80. The van der Waals surface area contributed by atoms with Gasteiger partial charge < -0.3 is 16.1 Å². The second-order valence-electron chi connectivity index (χ2n) is 5.69. The number of hydrazine groups is 1. The molecule has 0 bridgehead atoms. The molecule has 3 aromatic rings. The van der Waals surface area contributed by atoms with Crippen molar-refractivity contribution in [1.82, 2.24) is 9.97 Å². The van der Waals surface area contributed by atoms with Crippen LogP contribution >= 0.6 is 0 Å². The zero-order valence-corrected chi connectivity index (χ0v) is 14.4. The predicted octanol–water partition coefficient (Wildman–Crippen LogP) is 4.12. The average molecular weight is 334 g/mol. The van der Waals surface area contributed by atoms with Crippen LogP contribution in [0.3, 0.4) is 0 Å². The molecule has 0 saturated heterocycles. The zero-order valence-electron chi connectivity index (χ0n) is 14.4. The lowest BCUT2D eigenvalue weighted by Crippen LogP contribution is -2.09. The van der Waals surface area contributed by atoms with Gasteiger partial charge in [-0.1, -0.05) is 25.1 Å². The molecular formula is C19H22N6. The number of nitrogens with two attached hydrogens (primary N) is 1. The smallest absolute Gasteiger partial charge is 0.229 e. The number of anilines is 5. The largest absolute Gasteiger partial charge is 0.340 e. The maximum absolute atomic E-state index is 5.53. The number of nitrogens with one attached hydrogen (secondary N) is 3. The Labute approximate surface area is 147 Å². The molecule has 5 N–H and O–H groups in total. The Morgan fingerprint density at radius 1 is 0.960 bits per heavy atom. The third-order valence-corrected chi connectivity index (χ3v) is 4.03. The van der Waals surface area contributed by atoms with Crippen molar-refractivity contribution in [2.45, 2.75) is 20.3 Å². The standard InChI is InChI=1S/C19H22N6/c1-3-14-7-9-15(10-8-14)22-19-21-12-11-18(24-19)23-16-5-4-6-17(25-20)13(16)2/h4-12,25H,3,20H2,1-2H3,(H2,21,22,23,24). The van der Waals surface area contributed by atoms with E-state index in [0.717, 1.165) is 29.0 Å². The summed E-state index contributed by atoms with van der Waals surface area (Å²) in [5, 5.41) is 6.53. The second-order valence-corrected chi connectivity index (χ2v) is 5.69. The lowest BCUT2D eigenvalue weighted by molar-refractivity contribution is 1.14. The van der Waals surface area contributed by atoms with Gasteiger partial charge in [-0.05, 0) is 54.8 Å². The Bertz CT molecular complexity index is 845. The van der Waals surface area contributed by atoms with Crippen molar-refractivity contribution in [3.05, 3.63) is 65.9 Å². The van der Waals surface area contributed by atoms with Gasteiger partial charge in [-0.2, -0.15) is 4.98 Å². The molecule has 0 saturated carbocycles. The Morgan fingerprint density at radius 3 is 2.44 bits per heavy atom. The van der Waals surface area contributed by atoms with Gasteiger partial charge in [-0.15, -0.1) is 0 Å². The van der Waals surface area contributed by atoms with Gasteiger partial charge in [0.25, 0.3) is 0 Å². The monoisotopic (exact) mass is 334 g/mol. The van der Waals surface area contributed by atoms with E-state index in [-0.39, 0.29) is 0 Å². The van der Waals surface area contributed by atoms with Crippen molar-refractivity contribution < 1.29 is 0 Å². The highest BCUT2D eigenvalue weighted by molar-refractivity contribution is 5.69. The summed E-state index contributed by atoms with van der Waals surface area (Å²) >= 11 is 0. The van der Waals surface area contributed by atoms with Crippen LogP contribution in [-0.4, -0.2) is 9.97 Å². The number of benzene rings is 2. The third-order valence-electron chi connectivity index (χ3n) is 4.03. The lowest BCUT2D eigenvalue weighted by atomic mass is 10.1. The summed E-state index contributed by atoms with van der Waals surface area (Å²) in [5.74, 6) is 6.78. The van der Waals surface area contributed by atoms with Crippen LogP contribution in [0, 0.1) is 6.92 Å². The minimum Gasteiger partial charge on any atom is -0.340 e. The highest BCUT2D eigenvalue weighted by Crippen LogP contribution is 2.25. The van der Waals surface area contributed by atoms with Crippen molar-refractivity contribution in [3.63, 3.8) is 0 Å². The first-order valence-corrected chi connectivity index (χ1v) is 8.22. The van der Waals surface area contributed by atoms with Crippen molar-refractivity contribution >= 4 is 28.8 Å². The van der Waals surface area contributed by atoms with Gasteiger partial charge in [0.05, 0.1) is 5.69 Å². The van der Waals surface area contributed by atoms with Crippen LogP contribution < -0.4 is 21.9 Å². The van der Waals surface area contributed by atoms with E-state index in [0.29, 0.717) is 11.8 Å². The first-order chi connectivity index (χ1) is 12.2. The molecule has 1 aromatic heterocycles. The lowest BCUT2D eigenvalue weighted by Gasteiger charge is -2.13. The molecule has 0 radical (unpaired) electrons. The van der Waals surface area contributed by atoms with E-state index in [9.17, 15) is 0 Å². The zero-order chi connectivity index (χ0) is 17.6. The first kappa shape index (κ1) is 16.7. The van der Waals surface area contributed by atoms with Gasteiger partial charge in [-0.3, -0.25) is 5.84 Å². The maximum Gasteiger partial charge on any atom is 0.229 e. The summed E-state index contributed by atoms with van der Waals surface area (Å²) < 4.78 is 0. The fourth-order valence-corrected chi connectivity index (χ4v) is 2.51. The van der Waals surface area contributed by atoms with E-state index < -0.39 is 0 Å². The molecule has 2 aromatic carbocycles. The minimum atomic E-state index is 0.542. The van der Waals surface area contributed by atoms with E-state index >= 15 is 0 Å². The van der Waals surface area contributed by atoms with E-state index in [1.807, 2.05) is 43.3 Å². The molecular weight excluding hydrogens is 312 g/mol. The quantitative estimate of drug-likeness (QED) is 0.401. The highest BCUT2D eigenvalue weighted by atomic mass is 15.2. The van der Waals surface area contributed by atoms with E-state index in [4.69, 9.17) is 5.84 Å². The van der Waals surface area contributed by atoms with Gasteiger partial charge in [0, 0.05) is 17.6 Å². The van der Waals surface area contributed by atoms with Crippen molar-refractivity contribution in [3.8, 4) is 0 Å². The maximum atomic E-state index is 5.53. The predicted molar refractivity (Wildman–Crippen MR) is 103 cm³/mol. The third kappa shape index (κ3) is 4.05. The molecule has 128 valence electrons. The molecule has 0 aliphatic rings. The molecule has 6 nitrogen and oxygen atoms in total. The Balaban J connectivity index is 1.77. The van der Waals surface area contributed by atoms with Crippen LogP contribution in [0.15, 0.2) is 54.7 Å². The van der Waals surface area contributed by atoms with E-state index in [1.54, 1.807) is 6.20 Å². The summed E-state index contributed by atoms with van der Waals surface area (Å²) in [6.45, 7) is 4.13. The second kappa shape index (κ2) is 7.63. The molecule has 0 aliphatic carbocycles.